The third kappa shape index (κ3) is 5.65. The zero-order valence-electron chi connectivity index (χ0n) is 21.9. The zero-order valence-corrected chi connectivity index (χ0v) is 21.9. The van der Waals surface area contributed by atoms with E-state index in [-0.39, 0.29) is 30.4 Å². The first-order chi connectivity index (χ1) is 17.6. The van der Waals surface area contributed by atoms with E-state index in [1.54, 1.807) is 6.07 Å². The maximum Gasteiger partial charge on any atom is 0.249 e. The molecule has 0 bridgehead atoms. The van der Waals surface area contributed by atoms with Crippen molar-refractivity contribution in [3.05, 3.63) is 29.3 Å². The van der Waals surface area contributed by atoms with Gasteiger partial charge in [0.05, 0.1) is 17.9 Å². The third-order valence-electron chi connectivity index (χ3n) is 7.79. The standard InChI is InChI=1S/C27H38F2N4O4/c1-4-7-31-8-10-32(11-9-31)17-5-6-18(26(30)35)19(13-17)20(12-16(2)3)27(36)33-14-21(25(28)29)24-23(33)22(34)15-37-24/h5-6,13,16,20-21,23-25H,4,7-12,14-15H2,1-3H3,(H2,30,35)/t20-,21+,23+,24+/m0/s1. The van der Waals surface area contributed by atoms with Crippen molar-refractivity contribution in [2.45, 2.75) is 58.1 Å². The number of piperazine rings is 1. The van der Waals surface area contributed by atoms with Crippen LogP contribution in [-0.2, 0) is 14.3 Å². The highest BCUT2D eigenvalue weighted by molar-refractivity contribution is 5.99. The number of nitrogens with two attached hydrogens (primary N) is 1. The molecule has 204 valence electrons. The van der Waals surface area contributed by atoms with Crippen LogP contribution in [0.3, 0.4) is 0 Å². The van der Waals surface area contributed by atoms with Crippen LogP contribution >= 0.6 is 0 Å². The highest BCUT2D eigenvalue weighted by Crippen LogP contribution is 2.39. The van der Waals surface area contributed by atoms with Crippen LogP contribution in [0.15, 0.2) is 18.2 Å². The van der Waals surface area contributed by atoms with Crippen molar-refractivity contribution < 1.29 is 27.9 Å². The summed E-state index contributed by atoms with van der Waals surface area (Å²) in [5, 5.41) is 0. The largest absolute Gasteiger partial charge is 0.369 e. The first kappa shape index (κ1) is 27.4. The normalized spacial score (nSPS) is 25.3. The van der Waals surface area contributed by atoms with E-state index < -0.39 is 42.2 Å². The van der Waals surface area contributed by atoms with Gasteiger partial charge in [-0.1, -0.05) is 20.8 Å². The quantitative estimate of drug-likeness (QED) is 0.538. The van der Waals surface area contributed by atoms with Gasteiger partial charge < -0.3 is 20.3 Å². The summed E-state index contributed by atoms with van der Waals surface area (Å²) in [7, 11) is 0. The minimum atomic E-state index is -2.71. The summed E-state index contributed by atoms with van der Waals surface area (Å²) in [5.74, 6) is -3.40. The van der Waals surface area contributed by atoms with E-state index in [0.29, 0.717) is 12.0 Å². The van der Waals surface area contributed by atoms with E-state index in [9.17, 15) is 23.2 Å². The lowest BCUT2D eigenvalue weighted by molar-refractivity contribution is -0.138. The number of anilines is 1. The maximum atomic E-state index is 14.0. The molecular weight excluding hydrogens is 482 g/mol. The fraction of sp³-hybridized carbons (Fsp3) is 0.667. The molecular formula is C27H38F2N4O4. The number of hydrogen-bond donors (Lipinski definition) is 1. The first-order valence-corrected chi connectivity index (χ1v) is 13.3. The topological polar surface area (TPSA) is 96.2 Å². The third-order valence-corrected chi connectivity index (χ3v) is 7.79. The molecule has 1 aromatic rings. The molecule has 0 aromatic heterocycles. The fourth-order valence-corrected chi connectivity index (χ4v) is 5.98. The first-order valence-electron chi connectivity index (χ1n) is 13.3. The Balaban J connectivity index is 1.68. The van der Waals surface area contributed by atoms with E-state index in [0.717, 1.165) is 44.8 Å². The van der Waals surface area contributed by atoms with Gasteiger partial charge in [-0.15, -0.1) is 0 Å². The average molecular weight is 521 g/mol. The summed E-state index contributed by atoms with van der Waals surface area (Å²) in [6, 6.07) is 4.34. The van der Waals surface area contributed by atoms with Crippen LogP contribution in [0.25, 0.3) is 0 Å². The van der Waals surface area contributed by atoms with Gasteiger partial charge >= 0.3 is 0 Å². The van der Waals surface area contributed by atoms with Crippen molar-refractivity contribution in [1.82, 2.24) is 9.80 Å². The predicted octanol–water partition coefficient (Wildman–Crippen LogP) is 2.51. The van der Waals surface area contributed by atoms with Crippen LogP contribution in [0.2, 0.25) is 0 Å². The smallest absolute Gasteiger partial charge is 0.249 e. The number of carbonyl (C=O) groups excluding carboxylic acids is 3. The molecule has 1 aromatic carbocycles. The molecule has 37 heavy (non-hydrogen) atoms. The molecule has 0 aliphatic carbocycles. The number of benzene rings is 1. The van der Waals surface area contributed by atoms with E-state index in [1.807, 2.05) is 26.0 Å². The monoisotopic (exact) mass is 520 g/mol. The number of hydrogen-bond acceptors (Lipinski definition) is 6. The van der Waals surface area contributed by atoms with Gasteiger partial charge in [0, 0.05) is 44.0 Å². The van der Waals surface area contributed by atoms with Gasteiger partial charge in [-0.05, 0) is 49.1 Å². The molecule has 0 unspecified atom stereocenters. The van der Waals surface area contributed by atoms with Crippen molar-refractivity contribution in [3.63, 3.8) is 0 Å². The number of amides is 2. The summed E-state index contributed by atoms with van der Waals surface area (Å²) < 4.78 is 33.0. The molecule has 3 aliphatic rings. The number of Topliss-reactive ketones (excluding diaryl/α,β-unsaturated/α-hetero) is 1. The number of halogens is 2. The lowest BCUT2D eigenvalue weighted by Gasteiger charge is -2.36. The number of rotatable bonds is 9. The molecule has 0 saturated carbocycles. The summed E-state index contributed by atoms with van der Waals surface area (Å²) in [6.07, 6.45) is -2.24. The number of likely N-dealkylation sites (tertiary alicyclic amines) is 1. The molecule has 8 nitrogen and oxygen atoms in total. The molecule has 2 N–H and O–H groups in total. The Kier molecular flexibility index (Phi) is 8.48. The molecule has 0 radical (unpaired) electrons. The molecule has 2 amide bonds. The Morgan fingerprint density at radius 1 is 1.16 bits per heavy atom. The highest BCUT2D eigenvalue weighted by atomic mass is 19.3. The maximum absolute atomic E-state index is 14.0. The summed E-state index contributed by atoms with van der Waals surface area (Å²) in [6.45, 7) is 10.1. The van der Waals surface area contributed by atoms with Crippen LogP contribution in [0.4, 0.5) is 14.5 Å². The van der Waals surface area contributed by atoms with Crippen LogP contribution in [0.1, 0.15) is 55.5 Å². The summed E-state index contributed by atoms with van der Waals surface area (Å²) in [4.78, 5) is 44.9. The van der Waals surface area contributed by atoms with E-state index >= 15 is 0 Å². The minimum absolute atomic E-state index is 0.0655. The van der Waals surface area contributed by atoms with Gasteiger partial charge in [0.15, 0.2) is 5.78 Å². The fourth-order valence-electron chi connectivity index (χ4n) is 5.98. The van der Waals surface area contributed by atoms with E-state index in [1.165, 1.54) is 4.90 Å². The molecule has 4 rings (SSSR count). The zero-order chi connectivity index (χ0) is 26.9. The van der Waals surface area contributed by atoms with Gasteiger partial charge in [0.25, 0.3) is 0 Å². The Labute approximate surface area is 217 Å². The number of fused-ring (bicyclic) bond motifs is 1. The second-order valence-electron chi connectivity index (χ2n) is 10.8. The predicted molar refractivity (Wildman–Crippen MR) is 136 cm³/mol. The van der Waals surface area contributed by atoms with Crippen molar-refractivity contribution in [2.75, 3.05) is 50.8 Å². The Bertz CT molecular complexity index is 1010. The molecule has 3 heterocycles. The molecule has 10 heteroatoms. The number of carbonyl (C=O) groups is 3. The lowest BCUT2D eigenvalue weighted by atomic mass is 9.85. The second-order valence-corrected chi connectivity index (χ2v) is 10.8. The van der Waals surface area contributed by atoms with Gasteiger partial charge in [-0.25, -0.2) is 8.78 Å². The Morgan fingerprint density at radius 3 is 2.46 bits per heavy atom. The van der Waals surface area contributed by atoms with Crippen LogP contribution in [0.5, 0.6) is 0 Å². The number of nitrogens with zero attached hydrogens (tertiary/aromatic N) is 3. The molecule has 4 atom stereocenters. The Hall–Kier alpha value is -2.59. The lowest BCUT2D eigenvalue weighted by Crippen LogP contribution is -2.46. The van der Waals surface area contributed by atoms with Crippen LogP contribution in [-0.4, -0.2) is 91.8 Å². The number of alkyl halides is 2. The Morgan fingerprint density at radius 2 is 1.86 bits per heavy atom. The van der Waals surface area contributed by atoms with E-state index in [4.69, 9.17) is 10.5 Å². The average Bonchev–Trinajstić information content (AvgIpc) is 3.43. The molecule has 0 spiro atoms. The van der Waals surface area contributed by atoms with Crippen LogP contribution in [0, 0.1) is 11.8 Å². The number of primary amides is 1. The van der Waals surface area contributed by atoms with Gasteiger partial charge in [-0.3, -0.25) is 19.3 Å². The van der Waals surface area contributed by atoms with Crippen molar-refractivity contribution in [1.29, 1.82) is 0 Å². The van der Waals surface area contributed by atoms with Gasteiger partial charge in [0.2, 0.25) is 18.2 Å². The van der Waals surface area contributed by atoms with Gasteiger partial charge in [0.1, 0.15) is 12.6 Å². The molecule has 3 saturated heterocycles. The van der Waals surface area contributed by atoms with Crippen molar-refractivity contribution >= 4 is 23.3 Å². The highest BCUT2D eigenvalue weighted by Gasteiger charge is 2.55. The minimum Gasteiger partial charge on any atom is -0.369 e. The van der Waals surface area contributed by atoms with Crippen LogP contribution < -0.4 is 10.6 Å². The summed E-state index contributed by atoms with van der Waals surface area (Å²) >= 11 is 0. The summed E-state index contributed by atoms with van der Waals surface area (Å²) in [5.41, 5.74) is 7.35. The van der Waals surface area contributed by atoms with Gasteiger partial charge in [-0.2, -0.15) is 0 Å². The van der Waals surface area contributed by atoms with Crippen molar-refractivity contribution in [2.24, 2.45) is 17.6 Å². The molecule has 3 fully saturated rings. The van der Waals surface area contributed by atoms with Crippen molar-refractivity contribution in [3.8, 4) is 0 Å². The SMILES string of the molecule is CCCN1CCN(c2ccc(C(N)=O)c([C@H](CC(C)C)C(=O)N3C[C@@H](C(F)F)[C@H]4OCC(=O)[C@H]43)c2)CC1. The number of ether oxygens (including phenoxy) is 1. The van der Waals surface area contributed by atoms with E-state index in [2.05, 4.69) is 16.7 Å². The molecule has 3 aliphatic heterocycles. The second kappa shape index (κ2) is 11.4. The number of ketones is 1.